The lowest BCUT2D eigenvalue weighted by molar-refractivity contribution is -0.144. The minimum Gasteiger partial charge on any atom is -0.326 e. The van der Waals surface area contributed by atoms with Crippen molar-refractivity contribution < 1.29 is 9.59 Å². The predicted molar refractivity (Wildman–Crippen MR) is 53.5 cm³/mol. The van der Waals surface area contributed by atoms with Crippen LogP contribution in [0, 0.1) is 0 Å². The van der Waals surface area contributed by atoms with E-state index in [9.17, 15) is 9.59 Å². The Kier molecular flexibility index (Phi) is 4.07. The molecule has 0 aromatic rings. The lowest BCUT2D eigenvalue weighted by atomic mass is 10.2. The quantitative estimate of drug-likeness (QED) is 0.677. The Labute approximate surface area is 84.4 Å². The summed E-state index contributed by atoms with van der Waals surface area (Å²) < 4.78 is 0. The van der Waals surface area contributed by atoms with Crippen LogP contribution in [0.1, 0.15) is 39.0 Å². The highest BCUT2D eigenvalue weighted by molar-refractivity contribution is 5.96. The summed E-state index contributed by atoms with van der Waals surface area (Å²) in [5.41, 5.74) is 5.73. The number of rotatable bonds is 3. The number of hydrogen-bond acceptors (Lipinski definition) is 3. The summed E-state index contributed by atoms with van der Waals surface area (Å²) in [5, 5.41) is 0. The first-order chi connectivity index (χ1) is 6.65. The van der Waals surface area contributed by atoms with E-state index in [1.54, 1.807) is 0 Å². The molecule has 1 aliphatic rings. The van der Waals surface area contributed by atoms with Crippen molar-refractivity contribution in [1.82, 2.24) is 4.90 Å². The molecule has 1 unspecified atom stereocenters. The molecule has 0 bridgehead atoms. The molecule has 1 atom stereocenters. The van der Waals surface area contributed by atoms with Gasteiger partial charge in [-0.15, -0.1) is 0 Å². The van der Waals surface area contributed by atoms with Crippen LogP contribution in [-0.2, 0) is 9.59 Å². The number of likely N-dealkylation sites (tertiary alicyclic amines) is 1. The highest BCUT2D eigenvalue weighted by atomic mass is 16.2. The smallest absolute Gasteiger partial charge is 0.229 e. The first kappa shape index (κ1) is 11.2. The van der Waals surface area contributed by atoms with Crippen LogP contribution in [0.4, 0.5) is 0 Å². The number of carbonyl (C=O) groups is 2. The van der Waals surface area contributed by atoms with Gasteiger partial charge in [-0.1, -0.05) is 6.92 Å². The first-order valence-electron chi connectivity index (χ1n) is 5.24. The van der Waals surface area contributed by atoms with E-state index >= 15 is 0 Å². The van der Waals surface area contributed by atoms with Crippen molar-refractivity contribution in [3.63, 3.8) is 0 Å². The van der Waals surface area contributed by atoms with Crippen molar-refractivity contribution in [2.45, 2.75) is 45.1 Å². The molecule has 1 aliphatic heterocycles. The highest BCUT2D eigenvalue weighted by Gasteiger charge is 2.24. The number of amides is 2. The van der Waals surface area contributed by atoms with Crippen molar-refractivity contribution >= 4 is 11.8 Å². The summed E-state index contributed by atoms with van der Waals surface area (Å²) in [6.07, 6.45) is 3.41. The Balaban J connectivity index is 2.60. The van der Waals surface area contributed by atoms with Gasteiger partial charge in [0.2, 0.25) is 11.8 Å². The standard InChI is InChI=1S/C10H18N2O2/c1-2-8(11)7-12-9(13)5-3-4-6-10(12)14/h8H,2-7,11H2,1H3. The van der Waals surface area contributed by atoms with Crippen molar-refractivity contribution in [3.05, 3.63) is 0 Å². The SMILES string of the molecule is CCC(N)CN1C(=O)CCCCC1=O. The molecule has 1 saturated heterocycles. The third-order valence-corrected chi connectivity index (χ3v) is 2.57. The lowest BCUT2D eigenvalue weighted by Gasteiger charge is -2.21. The van der Waals surface area contributed by atoms with Gasteiger partial charge in [0.1, 0.15) is 0 Å². The molecule has 0 saturated carbocycles. The second-order valence-electron chi connectivity index (χ2n) is 3.77. The predicted octanol–water partition coefficient (Wildman–Crippen LogP) is 0.653. The van der Waals surface area contributed by atoms with Gasteiger partial charge in [0, 0.05) is 25.4 Å². The Bertz CT molecular complexity index is 210. The molecule has 0 radical (unpaired) electrons. The summed E-state index contributed by atoms with van der Waals surface area (Å²) in [5.74, 6) is -0.118. The molecule has 2 amide bonds. The molecule has 14 heavy (non-hydrogen) atoms. The van der Waals surface area contributed by atoms with Crippen molar-refractivity contribution in [1.29, 1.82) is 0 Å². The molecule has 1 heterocycles. The van der Waals surface area contributed by atoms with Gasteiger partial charge in [-0.2, -0.15) is 0 Å². The molecule has 0 spiro atoms. The van der Waals surface area contributed by atoms with E-state index < -0.39 is 0 Å². The fourth-order valence-corrected chi connectivity index (χ4v) is 1.53. The Morgan fingerprint density at radius 3 is 2.21 bits per heavy atom. The summed E-state index contributed by atoms with van der Waals surface area (Å²) >= 11 is 0. The average Bonchev–Trinajstić information content (AvgIpc) is 2.32. The zero-order chi connectivity index (χ0) is 10.6. The summed E-state index contributed by atoms with van der Waals surface area (Å²) in [7, 11) is 0. The molecule has 80 valence electrons. The van der Waals surface area contributed by atoms with Gasteiger partial charge < -0.3 is 5.73 Å². The molecule has 4 heteroatoms. The van der Waals surface area contributed by atoms with E-state index in [0.717, 1.165) is 19.3 Å². The van der Waals surface area contributed by atoms with Gasteiger partial charge in [0.05, 0.1) is 0 Å². The second-order valence-corrected chi connectivity index (χ2v) is 3.77. The Hall–Kier alpha value is -0.900. The van der Waals surface area contributed by atoms with Gasteiger partial charge in [0.15, 0.2) is 0 Å². The number of imide groups is 1. The monoisotopic (exact) mass is 198 g/mol. The summed E-state index contributed by atoms with van der Waals surface area (Å²) in [6.45, 7) is 2.34. The van der Waals surface area contributed by atoms with Crippen molar-refractivity contribution in [3.8, 4) is 0 Å². The largest absolute Gasteiger partial charge is 0.326 e. The van der Waals surface area contributed by atoms with Crippen LogP contribution in [-0.4, -0.2) is 29.3 Å². The maximum atomic E-state index is 11.5. The zero-order valence-electron chi connectivity index (χ0n) is 8.66. The van der Waals surface area contributed by atoms with E-state index in [2.05, 4.69) is 0 Å². The maximum Gasteiger partial charge on any atom is 0.229 e. The molecule has 0 aromatic heterocycles. The number of nitrogens with zero attached hydrogens (tertiary/aromatic N) is 1. The summed E-state index contributed by atoms with van der Waals surface area (Å²) in [6, 6.07) is -0.0824. The number of nitrogens with two attached hydrogens (primary N) is 1. The van der Waals surface area contributed by atoms with Crippen LogP contribution in [0.15, 0.2) is 0 Å². The maximum absolute atomic E-state index is 11.5. The third kappa shape index (κ3) is 2.80. The van der Waals surface area contributed by atoms with Gasteiger partial charge in [-0.05, 0) is 19.3 Å². The molecule has 1 rings (SSSR count). The minimum absolute atomic E-state index is 0.0589. The van der Waals surface area contributed by atoms with Crippen molar-refractivity contribution in [2.75, 3.05) is 6.54 Å². The molecule has 1 fully saturated rings. The molecule has 4 nitrogen and oxygen atoms in total. The van der Waals surface area contributed by atoms with Gasteiger partial charge in [-0.3, -0.25) is 14.5 Å². The third-order valence-electron chi connectivity index (χ3n) is 2.57. The van der Waals surface area contributed by atoms with E-state index in [4.69, 9.17) is 5.73 Å². The molecular weight excluding hydrogens is 180 g/mol. The lowest BCUT2D eigenvalue weighted by Crippen LogP contribution is -2.43. The van der Waals surface area contributed by atoms with Crippen LogP contribution in [0.2, 0.25) is 0 Å². The van der Waals surface area contributed by atoms with E-state index in [-0.39, 0.29) is 17.9 Å². The zero-order valence-corrected chi connectivity index (χ0v) is 8.66. The van der Waals surface area contributed by atoms with Crippen LogP contribution < -0.4 is 5.73 Å². The Morgan fingerprint density at radius 1 is 1.29 bits per heavy atom. The molecule has 0 aliphatic carbocycles. The van der Waals surface area contributed by atoms with Gasteiger partial charge >= 0.3 is 0 Å². The van der Waals surface area contributed by atoms with Crippen molar-refractivity contribution in [2.24, 2.45) is 5.73 Å². The fourth-order valence-electron chi connectivity index (χ4n) is 1.53. The number of carbonyl (C=O) groups excluding carboxylic acids is 2. The molecule has 2 N–H and O–H groups in total. The topological polar surface area (TPSA) is 63.4 Å². The average molecular weight is 198 g/mol. The normalized spacial score (nSPS) is 20.9. The minimum atomic E-state index is -0.0824. The van der Waals surface area contributed by atoms with Gasteiger partial charge in [0.25, 0.3) is 0 Å². The van der Waals surface area contributed by atoms with Crippen LogP contribution in [0.3, 0.4) is 0 Å². The molecule has 0 aromatic carbocycles. The van der Waals surface area contributed by atoms with E-state index in [1.165, 1.54) is 4.90 Å². The van der Waals surface area contributed by atoms with E-state index in [1.807, 2.05) is 6.92 Å². The second kappa shape index (κ2) is 5.10. The van der Waals surface area contributed by atoms with Crippen LogP contribution >= 0.6 is 0 Å². The van der Waals surface area contributed by atoms with Crippen LogP contribution in [0.25, 0.3) is 0 Å². The fraction of sp³-hybridized carbons (Fsp3) is 0.800. The Morgan fingerprint density at radius 2 is 1.79 bits per heavy atom. The number of hydrogen-bond donors (Lipinski definition) is 1. The van der Waals surface area contributed by atoms with Crippen LogP contribution in [0.5, 0.6) is 0 Å². The highest BCUT2D eigenvalue weighted by Crippen LogP contribution is 2.12. The molecular formula is C10H18N2O2. The van der Waals surface area contributed by atoms with Gasteiger partial charge in [-0.25, -0.2) is 0 Å². The van der Waals surface area contributed by atoms with E-state index in [0.29, 0.717) is 19.4 Å². The summed E-state index contributed by atoms with van der Waals surface area (Å²) in [4.78, 5) is 24.4. The first-order valence-corrected chi connectivity index (χ1v) is 5.24.